The molecule has 1 fully saturated rings. The Balaban J connectivity index is 1.73. The maximum Gasteiger partial charge on any atom is 0.290 e. The molecule has 1 aliphatic heterocycles. The summed E-state index contributed by atoms with van der Waals surface area (Å²) in [5.41, 5.74) is 4.08. The first-order valence-electron chi connectivity index (χ1n) is 10.8. The monoisotopic (exact) mass is 453 g/mol. The van der Waals surface area contributed by atoms with E-state index in [1.807, 2.05) is 38.1 Å². The number of hydrogen-bond donors (Lipinski definition) is 0. The molecule has 32 heavy (non-hydrogen) atoms. The molecule has 0 bridgehead atoms. The topological polar surface area (TPSA) is 84.7 Å². The molecule has 1 aromatic heterocycles. The van der Waals surface area contributed by atoms with E-state index in [1.165, 1.54) is 16.5 Å². The smallest absolute Gasteiger partial charge is 0.290 e. The Kier molecular flexibility index (Phi) is 5.95. The zero-order valence-electron chi connectivity index (χ0n) is 18.6. The van der Waals surface area contributed by atoms with E-state index in [-0.39, 0.29) is 29.2 Å². The lowest BCUT2D eigenvalue weighted by Crippen LogP contribution is -2.40. The second-order valence-corrected chi connectivity index (χ2v) is 10.8. The maximum absolute atomic E-state index is 13.5. The number of rotatable bonds is 5. The van der Waals surface area contributed by atoms with Crippen LogP contribution < -0.4 is 5.43 Å². The van der Waals surface area contributed by atoms with Gasteiger partial charge in [0.15, 0.2) is 21.0 Å². The Morgan fingerprint density at radius 1 is 1.06 bits per heavy atom. The van der Waals surface area contributed by atoms with Crippen molar-refractivity contribution in [2.75, 3.05) is 11.5 Å². The summed E-state index contributed by atoms with van der Waals surface area (Å²) in [5.74, 6) is -0.567. The average molecular weight is 454 g/mol. The van der Waals surface area contributed by atoms with E-state index in [1.54, 1.807) is 12.1 Å². The van der Waals surface area contributed by atoms with Gasteiger partial charge in [0.05, 0.1) is 16.9 Å². The summed E-state index contributed by atoms with van der Waals surface area (Å²) in [6.07, 6.45) is 1.28. The van der Waals surface area contributed by atoms with Gasteiger partial charge in [-0.05, 0) is 61.1 Å². The molecule has 0 spiro atoms. The van der Waals surface area contributed by atoms with Crippen LogP contribution in [0.2, 0.25) is 0 Å². The summed E-state index contributed by atoms with van der Waals surface area (Å²) >= 11 is 0. The summed E-state index contributed by atoms with van der Waals surface area (Å²) in [7, 11) is -3.20. The lowest BCUT2D eigenvalue weighted by molar-refractivity contribution is 0.0648. The highest BCUT2D eigenvalue weighted by atomic mass is 32.2. The predicted molar refractivity (Wildman–Crippen MR) is 125 cm³/mol. The van der Waals surface area contributed by atoms with Crippen molar-refractivity contribution < 1.29 is 17.6 Å². The molecule has 1 amide bonds. The number of amides is 1. The van der Waals surface area contributed by atoms with Gasteiger partial charge in [-0.2, -0.15) is 0 Å². The highest BCUT2D eigenvalue weighted by Gasteiger charge is 2.36. The third-order valence-electron chi connectivity index (χ3n) is 6.25. The van der Waals surface area contributed by atoms with E-state index in [4.69, 9.17) is 4.42 Å². The lowest BCUT2D eigenvalue weighted by atomic mass is 10.1. The van der Waals surface area contributed by atoms with E-state index >= 15 is 0 Å². The summed E-state index contributed by atoms with van der Waals surface area (Å²) in [6, 6.07) is 12.2. The molecule has 1 atom stereocenters. The molecule has 4 rings (SSSR count). The standard InChI is InChI=1S/C25H27NO5S/c1-4-18-5-7-19(8-6-18)14-26(20-9-10-32(29,30)15-20)25(28)24-13-22(27)21-11-16(2)17(3)12-23(21)31-24/h5-8,11-13,20H,4,9-10,14-15H2,1-3H3. The van der Waals surface area contributed by atoms with Crippen molar-refractivity contribution in [1.82, 2.24) is 4.90 Å². The van der Waals surface area contributed by atoms with Crippen LogP contribution in [0, 0.1) is 13.8 Å². The fourth-order valence-corrected chi connectivity index (χ4v) is 5.85. The normalized spacial score (nSPS) is 17.5. The van der Waals surface area contributed by atoms with Crippen LogP contribution >= 0.6 is 0 Å². The van der Waals surface area contributed by atoms with Crippen molar-refractivity contribution in [3.63, 3.8) is 0 Å². The minimum atomic E-state index is -3.20. The van der Waals surface area contributed by atoms with Gasteiger partial charge in [-0.3, -0.25) is 9.59 Å². The number of sulfone groups is 1. The minimum Gasteiger partial charge on any atom is -0.451 e. The Hall–Kier alpha value is -2.93. The average Bonchev–Trinajstić information content (AvgIpc) is 3.12. The van der Waals surface area contributed by atoms with Gasteiger partial charge >= 0.3 is 0 Å². The molecule has 3 aromatic rings. The van der Waals surface area contributed by atoms with E-state index in [9.17, 15) is 18.0 Å². The highest BCUT2D eigenvalue weighted by Crippen LogP contribution is 2.24. The Morgan fingerprint density at radius 3 is 2.34 bits per heavy atom. The molecular formula is C25H27NO5S. The summed E-state index contributed by atoms with van der Waals surface area (Å²) in [4.78, 5) is 27.8. The molecule has 1 aliphatic rings. The van der Waals surface area contributed by atoms with Crippen molar-refractivity contribution in [1.29, 1.82) is 0 Å². The fraction of sp³-hybridized carbons (Fsp3) is 0.360. The van der Waals surface area contributed by atoms with Crippen LogP contribution in [0.25, 0.3) is 11.0 Å². The molecule has 0 radical (unpaired) electrons. The Morgan fingerprint density at radius 2 is 1.72 bits per heavy atom. The molecular weight excluding hydrogens is 426 g/mol. The van der Waals surface area contributed by atoms with Crippen LogP contribution in [0.15, 0.2) is 51.7 Å². The van der Waals surface area contributed by atoms with E-state index in [2.05, 4.69) is 6.92 Å². The second kappa shape index (κ2) is 8.54. The summed E-state index contributed by atoms with van der Waals surface area (Å²) in [6.45, 7) is 6.15. The Bertz CT molecular complexity index is 1340. The molecule has 6 nitrogen and oxygen atoms in total. The Labute approximate surface area is 187 Å². The first-order valence-corrected chi connectivity index (χ1v) is 12.6. The molecule has 168 valence electrons. The van der Waals surface area contributed by atoms with Gasteiger partial charge in [-0.15, -0.1) is 0 Å². The zero-order chi connectivity index (χ0) is 23.0. The SMILES string of the molecule is CCc1ccc(CN(C(=O)c2cc(=O)c3cc(C)c(C)cc3o2)C2CCS(=O)(=O)C2)cc1. The van der Waals surface area contributed by atoms with Gasteiger partial charge in [0.2, 0.25) is 0 Å². The summed E-state index contributed by atoms with van der Waals surface area (Å²) in [5, 5.41) is 0.426. The molecule has 0 N–H and O–H groups in total. The minimum absolute atomic E-state index is 0.0519. The molecule has 2 aromatic carbocycles. The first kappa shape index (κ1) is 22.3. The van der Waals surface area contributed by atoms with Crippen LogP contribution in [0.3, 0.4) is 0 Å². The van der Waals surface area contributed by atoms with E-state index < -0.39 is 21.8 Å². The second-order valence-electron chi connectivity index (χ2n) is 8.57. The van der Waals surface area contributed by atoms with Crippen molar-refractivity contribution in [2.24, 2.45) is 0 Å². The van der Waals surface area contributed by atoms with Crippen LogP contribution in [-0.4, -0.2) is 36.8 Å². The van der Waals surface area contributed by atoms with Gasteiger partial charge in [-0.1, -0.05) is 31.2 Å². The molecule has 1 saturated heterocycles. The number of fused-ring (bicyclic) bond motifs is 1. The van der Waals surface area contributed by atoms with Crippen molar-refractivity contribution in [2.45, 2.75) is 46.2 Å². The fourth-order valence-electron chi connectivity index (χ4n) is 4.12. The van der Waals surface area contributed by atoms with Gasteiger partial charge in [0.25, 0.3) is 5.91 Å². The zero-order valence-corrected chi connectivity index (χ0v) is 19.4. The van der Waals surface area contributed by atoms with Crippen LogP contribution in [0.1, 0.15) is 46.2 Å². The van der Waals surface area contributed by atoms with E-state index in [0.29, 0.717) is 17.4 Å². The quantitative estimate of drug-likeness (QED) is 0.587. The van der Waals surface area contributed by atoms with Gasteiger partial charge in [0.1, 0.15) is 5.58 Å². The molecule has 0 saturated carbocycles. The number of nitrogens with zero attached hydrogens (tertiary/aromatic N) is 1. The van der Waals surface area contributed by atoms with Crippen LogP contribution in [0.5, 0.6) is 0 Å². The first-order chi connectivity index (χ1) is 15.2. The van der Waals surface area contributed by atoms with Gasteiger partial charge < -0.3 is 9.32 Å². The van der Waals surface area contributed by atoms with Gasteiger partial charge in [0, 0.05) is 18.7 Å². The van der Waals surface area contributed by atoms with Crippen LogP contribution in [-0.2, 0) is 22.8 Å². The molecule has 0 aliphatic carbocycles. The number of carbonyl (C=O) groups is 1. The predicted octanol–water partition coefficient (Wildman–Crippen LogP) is 3.80. The van der Waals surface area contributed by atoms with Crippen molar-refractivity contribution in [3.05, 3.63) is 80.7 Å². The lowest BCUT2D eigenvalue weighted by Gasteiger charge is -2.28. The summed E-state index contributed by atoms with van der Waals surface area (Å²) < 4.78 is 30.1. The van der Waals surface area contributed by atoms with E-state index in [0.717, 1.165) is 23.1 Å². The number of carbonyl (C=O) groups excluding carboxylic acids is 1. The van der Waals surface area contributed by atoms with Crippen molar-refractivity contribution in [3.8, 4) is 0 Å². The highest BCUT2D eigenvalue weighted by molar-refractivity contribution is 7.91. The number of benzene rings is 2. The number of hydrogen-bond acceptors (Lipinski definition) is 5. The maximum atomic E-state index is 13.5. The largest absolute Gasteiger partial charge is 0.451 e. The third kappa shape index (κ3) is 4.48. The van der Waals surface area contributed by atoms with Crippen LogP contribution in [0.4, 0.5) is 0 Å². The molecule has 1 unspecified atom stereocenters. The molecule has 2 heterocycles. The van der Waals surface area contributed by atoms with Gasteiger partial charge in [-0.25, -0.2) is 8.42 Å². The number of aryl methyl sites for hydroxylation is 3. The molecule has 7 heteroatoms. The van der Waals surface area contributed by atoms with Crippen molar-refractivity contribution >= 4 is 26.7 Å². The third-order valence-corrected chi connectivity index (χ3v) is 8.00.